The van der Waals surface area contributed by atoms with E-state index < -0.39 is 16.8 Å². The van der Waals surface area contributed by atoms with Crippen LogP contribution in [0, 0.1) is 10.1 Å². The molecule has 0 bridgehead atoms. The van der Waals surface area contributed by atoms with Crippen LogP contribution in [0.15, 0.2) is 27.4 Å². The van der Waals surface area contributed by atoms with E-state index in [0.29, 0.717) is 18.1 Å². The number of non-ortho nitro benzene ring substituents is 1. The summed E-state index contributed by atoms with van der Waals surface area (Å²) in [5.74, 6) is -0.629. The molecular weight excluding hydrogens is 278 g/mol. The molecule has 1 aliphatic rings. The summed E-state index contributed by atoms with van der Waals surface area (Å²) in [6.07, 6.45) is 1.45. The third-order valence-corrected chi connectivity index (χ3v) is 3.47. The maximum Gasteiger partial charge on any atom is 0.420 e. The molecule has 8 nitrogen and oxygen atoms in total. The number of aliphatic hydroxyl groups is 1. The molecule has 112 valence electrons. The van der Waals surface area contributed by atoms with Crippen LogP contribution in [0.4, 0.5) is 5.69 Å². The zero-order valence-electron chi connectivity index (χ0n) is 11.2. The van der Waals surface area contributed by atoms with E-state index in [-0.39, 0.29) is 17.8 Å². The Morgan fingerprint density at radius 2 is 2.29 bits per heavy atom. The molecule has 3 rings (SSSR count). The van der Waals surface area contributed by atoms with Crippen molar-refractivity contribution in [2.75, 3.05) is 6.54 Å². The number of nitrogens with one attached hydrogen (secondary N) is 1. The minimum atomic E-state index is -0.761. The maximum absolute atomic E-state index is 11.8. The van der Waals surface area contributed by atoms with Gasteiger partial charge in [0.1, 0.15) is 0 Å². The summed E-state index contributed by atoms with van der Waals surface area (Å²) in [5.41, 5.74) is 0.468. The van der Waals surface area contributed by atoms with Gasteiger partial charge in [0.2, 0.25) is 0 Å². The molecule has 1 unspecified atom stereocenters. The third-order valence-electron chi connectivity index (χ3n) is 3.47. The second-order valence-electron chi connectivity index (χ2n) is 5.22. The molecule has 21 heavy (non-hydrogen) atoms. The smallest absolute Gasteiger partial charge is 0.408 e. The summed E-state index contributed by atoms with van der Waals surface area (Å²) in [4.78, 5) is 22.1. The Morgan fingerprint density at radius 3 is 2.95 bits per heavy atom. The summed E-state index contributed by atoms with van der Waals surface area (Å²) >= 11 is 0. The van der Waals surface area contributed by atoms with Gasteiger partial charge in [-0.3, -0.25) is 14.7 Å². The fourth-order valence-corrected chi connectivity index (χ4v) is 2.20. The number of aliphatic hydroxyl groups excluding tert-OH is 1. The van der Waals surface area contributed by atoms with Crippen molar-refractivity contribution in [1.82, 2.24) is 9.88 Å². The Bertz CT molecular complexity index is 731. The van der Waals surface area contributed by atoms with Gasteiger partial charge in [-0.15, -0.1) is 0 Å². The van der Waals surface area contributed by atoms with Gasteiger partial charge in [-0.1, -0.05) is 0 Å². The van der Waals surface area contributed by atoms with Gasteiger partial charge in [0.05, 0.1) is 23.1 Å². The van der Waals surface area contributed by atoms with Crippen LogP contribution in [0.1, 0.15) is 12.8 Å². The first-order chi connectivity index (χ1) is 10.0. The predicted molar refractivity (Wildman–Crippen MR) is 74.2 cm³/mol. The second-order valence-corrected chi connectivity index (χ2v) is 5.22. The summed E-state index contributed by atoms with van der Waals surface area (Å²) in [6, 6.07) is 4.40. The Kier molecular flexibility index (Phi) is 3.48. The number of aromatic nitrogens is 1. The zero-order valence-corrected chi connectivity index (χ0v) is 11.2. The fourth-order valence-electron chi connectivity index (χ4n) is 2.20. The first-order valence-corrected chi connectivity index (χ1v) is 6.74. The van der Waals surface area contributed by atoms with Crippen molar-refractivity contribution in [1.29, 1.82) is 0 Å². The van der Waals surface area contributed by atoms with Gasteiger partial charge in [0.25, 0.3) is 5.69 Å². The number of oxazole rings is 1. The topological polar surface area (TPSA) is 111 Å². The molecule has 0 aliphatic heterocycles. The largest absolute Gasteiger partial charge is 0.420 e. The van der Waals surface area contributed by atoms with E-state index in [1.165, 1.54) is 22.8 Å². The minimum absolute atomic E-state index is 0.0344. The fraction of sp³-hybridized carbons (Fsp3) is 0.462. The average molecular weight is 293 g/mol. The van der Waals surface area contributed by atoms with Crippen LogP contribution < -0.4 is 11.1 Å². The molecule has 1 aliphatic carbocycles. The van der Waals surface area contributed by atoms with E-state index >= 15 is 0 Å². The van der Waals surface area contributed by atoms with Crippen molar-refractivity contribution in [3.8, 4) is 0 Å². The Balaban J connectivity index is 1.85. The number of nitrogens with zero attached hydrogens (tertiary/aromatic N) is 2. The standard InChI is InChI=1S/C13H15N3O5/c17-10(6-14-8-1-2-8)7-15-11-5-9(16(19)20)3-4-12(11)21-13(15)18/h3-5,8,10,14,17H,1-2,6-7H2. The van der Waals surface area contributed by atoms with Crippen LogP contribution >= 0.6 is 0 Å². The molecule has 1 aromatic carbocycles. The van der Waals surface area contributed by atoms with Crippen molar-refractivity contribution < 1.29 is 14.4 Å². The number of nitro benzene ring substituents is 1. The normalized spacial score (nSPS) is 16.2. The lowest BCUT2D eigenvalue weighted by Crippen LogP contribution is -2.33. The van der Waals surface area contributed by atoms with Crippen molar-refractivity contribution in [3.63, 3.8) is 0 Å². The third kappa shape index (κ3) is 2.96. The lowest BCUT2D eigenvalue weighted by molar-refractivity contribution is -0.384. The SMILES string of the molecule is O=c1oc2ccc([N+](=O)[O-])cc2n1CC(O)CNC1CC1. The van der Waals surface area contributed by atoms with Gasteiger partial charge in [-0.2, -0.15) is 0 Å². The Hall–Kier alpha value is -2.19. The molecule has 0 radical (unpaired) electrons. The Labute approximate surface area is 119 Å². The summed E-state index contributed by atoms with van der Waals surface area (Å²) in [5, 5.41) is 23.9. The van der Waals surface area contributed by atoms with Crippen LogP contribution in [0.2, 0.25) is 0 Å². The van der Waals surface area contributed by atoms with Crippen LogP contribution in [0.5, 0.6) is 0 Å². The van der Waals surface area contributed by atoms with E-state index in [4.69, 9.17) is 4.42 Å². The molecular formula is C13H15N3O5. The van der Waals surface area contributed by atoms with E-state index in [0.717, 1.165) is 12.8 Å². The van der Waals surface area contributed by atoms with Crippen LogP contribution in [0.25, 0.3) is 11.1 Å². The molecule has 1 aromatic heterocycles. The number of hydrogen-bond donors (Lipinski definition) is 2. The molecule has 0 amide bonds. The highest BCUT2D eigenvalue weighted by atomic mass is 16.6. The van der Waals surface area contributed by atoms with Crippen LogP contribution in [-0.2, 0) is 6.54 Å². The van der Waals surface area contributed by atoms with Gasteiger partial charge in [-0.25, -0.2) is 4.79 Å². The van der Waals surface area contributed by atoms with E-state index in [2.05, 4.69) is 5.32 Å². The summed E-state index contributed by atoms with van der Waals surface area (Å²) in [6.45, 7) is 0.408. The molecule has 1 fully saturated rings. The lowest BCUT2D eigenvalue weighted by Gasteiger charge is -2.11. The number of nitro groups is 1. The molecule has 0 saturated heterocycles. The van der Waals surface area contributed by atoms with Crippen molar-refractivity contribution in [2.24, 2.45) is 0 Å². The average Bonchev–Trinajstić information content (AvgIpc) is 3.22. The first kappa shape index (κ1) is 13.8. The molecule has 2 N–H and O–H groups in total. The molecule has 0 spiro atoms. The molecule has 1 atom stereocenters. The van der Waals surface area contributed by atoms with Crippen LogP contribution in [0.3, 0.4) is 0 Å². The molecule has 1 heterocycles. The number of benzene rings is 1. The predicted octanol–water partition coefficient (Wildman–Crippen LogP) is 0.616. The number of fused-ring (bicyclic) bond motifs is 1. The molecule has 8 heteroatoms. The summed E-state index contributed by atoms with van der Waals surface area (Å²) < 4.78 is 6.25. The van der Waals surface area contributed by atoms with Gasteiger partial charge in [0.15, 0.2) is 5.58 Å². The number of rotatable bonds is 6. The minimum Gasteiger partial charge on any atom is -0.408 e. The Morgan fingerprint density at radius 1 is 1.52 bits per heavy atom. The van der Waals surface area contributed by atoms with Crippen LogP contribution in [-0.4, -0.2) is 33.3 Å². The highest BCUT2D eigenvalue weighted by Crippen LogP contribution is 2.21. The second kappa shape index (κ2) is 5.30. The van der Waals surface area contributed by atoms with Gasteiger partial charge in [-0.05, 0) is 18.9 Å². The zero-order chi connectivity index (χ0) is 15.0. The highest BCUT2D eigenvalue weighted by Gasteiger charge is 2.22. The lowest BCUT2D eigenvalue weighted by atomic mass is 10.2. The summed E-state index contributed by atoms with van der Waals surface area (Å²) in [7, 11) is 0. The van der Waals surface area contributed by atoms with Gasteiger partial charge in [0, 0.05) is 24.7 Å². The first-order valence-electron chi connectivity index (χ1n) is 6.74. The van der Waals surface area contributed by atoms with Gasteiger partial charge < -0.3 is 14.8 Å². The molecule has 2 aromatic rings. The van der Waals surface area contributed by atoms with E-state index in [1.807, 2.05) is 0 Å². The van der Waals surface area contributed by atoms with Gasteiger partial charge >= 0.3 is 5.76 Å². The van der Waals surface area contributed by atoms with Crippen molar-refractivity contribution >= 4 is 16.8 Å². The van der Waals surface area contributed by atoms with E-state index in [1.54, 1.807) is 0 Å². The monoisotopic (exact) mass is 293 g/mol. The van der Waals surface area contributed by atoms with Crippen molar-refractivity contribution in [2.45, 2.75) is 31.5 Å². The number of hydrogen-bond acceptors (Lipinski definition) is 6. The molecule has 1 saturated carbocycles. The highest BCUT2D eigenvalue weighted by molar-refractivity contribution is 5.75. The quantitative estimate of drug-likeness (QED) is 0.596. The maximum atomic E-state index is 11.8. The van der Waals surface area contributed by atoms with E-state index in [9.17, 15) is 20.0 Å². The van der Waals surface area contributed by atoms with Crippen molar-refractivity contribution in [3.05, 3.63) is 38.9 Å².